The molecule has 0 aromatic carbocycles. The number of ether oxygens (including phenoxy) is 2. The summed E-state index contributed by atoms with van der Waals surface area (Å²) in [6.07, 6.45) is 0.209. The predicted molar refractivity (Wildman–Crippen MR) is 121 cm³/mol. The number of alkyl halides is 3. The highest BCUT2D eigenvalue weighted by Gasteiger charge is 2.50. The second-order valence-corrected chi connectivity index (χ2v) is 10.2. The Morgan fingerprint density at radius 3 is 2.88 bits per heavy atom. The predicted octanol–water partition coefficient (Wildman–Crippen LogP) is 3.96. The van der Waals surface area contributed by atoms with E-state index in [9.17, 15) is 18.0 Å². The van der Waals surface area contributed by atoms with Crippen molar-refractivity contribution in [2.24, 2.45) is 11.3 Å². The van der Waals surface area contributed by atoms with Crippen LogP contribution in [0.5, 0.6) is 0 Å². The number of hydrogen-bond acceptors (Lipinski definition) is 5. The summed E-state index contributed by atoms with van der Waals surface area (Å²) < 4.78 is 51.0. The highest BCUT2D eigenvalue weighted by atomic mass is 19.4. The van der Waals surface area contributed by atoms with Crippen molar-refractivity contribution in [2.75, 3.05) is 26.4 Å². The number of halogens is 3. The number of fused-ring (bicyclic) bond motifs is 1. The number of rotatable bonds is 6. The molecule has 1 saturated heterocycles. The first-order valence-electron chi connectivity index (χ1n) is 12.4. The molecule has 190 valence electrons. The number of pyridine rings is 1. The standard InChI is InChI=1S/C25H36F3N3O3/c1-4-34-22-15-33-10-7-21(22)30-19-5-8-24(12-19,16(2)3)23(32)31-9-6-20-17(14-31)11-18(13-29-20)25(26,27)28/h11,13,16,19,21-22,30H,4-10,12,14-15H2,1-3H3/t19-,21-,22-,24+/m1/s1. The Morgan fingerprint density at radius 2 is 2.18 bits per heavy atom. The molecule has 1 aromatic rings. The Morgan fingerprint density at radius 1 is 1.38 bits per heavy atom. The lowest BCUT2D eigenvalue weighted by atomic mass is 9.74. The Balaban J connectivity index is 1.47. The van der Waals surface area contributed by atoms with Crippen LogP contribution in [0.3, 0.4) is 0 Å². The van der Waals surface area contributed by atoms with Crippen LogP contribution in [0, 0.1) is 11.3 Å². The largest absolute Gasteiger partial charge is 0.417 e. The fourth-order valence-corrected chi connectivity index (χ4v) is 5.84. The lowest BCUT2D eigenvalue weighted by Crippen LogP contribution is -2.52. The summed E-state index contributed by atoms with van der Waals surface area (Å²) in [5.41, 5.74) is -0.119. The average Bonchev–Trinajstić information content (AvgIpc) is 3.24. The molecule has 0 radical (unpaired) electrons. The van der Waals surface area contributed by atoms with E-state index in [1.807, 2.05) is 6.92 Å². The van der Waals surface area contributed by atoms with Crippen LogP contribution in [-0.2, 0) is 33.4 Å². The molecule has 3 aliphatic rings. The molecule has 9 heteroatoms. The topological polar surface area (TPSA) is 63.7 Å². The third-order valence-corrected chi connectivity index (χ3v) is 7.87. The molecule has 2 fully saturated rings. The fraction of sp³-hybridized carbons (Fsp3) is 0.760. The second-order valence-electron chi connectivity index (χ2n) is 10.2. The van der Waals surface area contributed by atoms with Gasteiger partial charge in [-0.05, 0) is 50.2 Å². The molecule has 1 N–H and O–H groups in total. The second kappa shape index (κ2) is 10.1. The van der Waals surface area contributed by atoms with E-state index in [1.54, 1.807) is 4.90 Å². The molecule has 0 unspecified atom stereocenters. The Bertz CT molecular complexity index is 877. The number of hydrogen-bond donors (Lipinski definition) is 1. The van der Waals surface area contributed by atoms with Crippen molar-refractivity contribution in [1.82, 2.24) is 15.2 Å². The maximum absolute atomic E-state index is 13.9. The minimum Gasteiger partial charge on any atom is -0.379 e. The Hall–Kier alpha value is -1.71. The van der Waals surface area contributed by atoms with Gasteiger partial charge in [-0.2, -0.15) is 13.2 Å². The van der Waals surface area contributed by atoms with Gasteiger partial charge in [0.05, 0.1) is 23.7 Å². The minimum absolute atomic E-state index is 0.0115. The summed E-state index contributed by atoms with van der Waals surface area (Å²) in [4.78, 5) is 19.7. The normalized spacial score (nSPS) is 30.0. The van der Waals surface area contributed by atoms with E-state index in [2.05, 4.69) is 24.1 Å². The third kappa shape index (κ3) is 5.11. The average molecular weight is 484 g/mol. The lowest BCUT2D eigenvalue weighted by Gasteiger charge is -2.40. The van der Waals surface area contributed by atoms with E-state index in [0.29, 0.717) is 44.0 Å². The van der Waals surface area contributed by atoms with Gasteiger partial charge in [0.1, 0.15) is 0 Å². The summed E-state index contributed by atoms with van der Waals surface area (Å²) in [5.74, 6) is 0.188. The number of carbonyl (C=O) groups is 1. The Kier molecular flexibility index (Phi) is 7.55. The summed E-state index contributed by atoms with van der Waals surface area (Å²) in [6, 6.07) is 1.56. The van der Waals surface area contributed by atoms with Crippen LogP contribution >= 0.6 is 0 Å². The summed E-state index contributed by atoms with van der Waals surface area (Å²) >= 11 is 0. The monoisotopic (exact) mass is 483 g/mol. The SMILES string of the molecule is CCO[C@@H]1COCC[C@H]1N[C@@H]1CC[C@@](C(=O)N2CCc3ncc(C(F)(F)F)cc3C2)(C(C)C)C1. The van der Waals surface area contributed by atoms with Gasteiger partial charge in [0, 0.05) is 56.7 Å². The van der Waals surface area contributed by atoms with Gasteiger partial charge in [-0.15, -0.1) is 0 Å². The van der Waals surface area contributed by atoms with Crippen LogP contribution < -0.4 is 5.32 Å². The highest BCUT2D eigenvalue weighted by Crippen LogP contribution is 2.47. The van der Waals surface area contributed by atoms with Crippen molar-refractivity contribution in [3.8, 4) is 0 Å². The van der Waals surface area contributed by atoms with Gasteiger partial charge in [0.25, 0.3) is 0 Å². The molecular weight excluding hydrogens is 447 g/mol. The molecule has 6 nitrogen and oxygen atoms in total. The van der Waals surface area contributed by atoms with Crippen molar-refractivity contribution in [3.63, 3.8) is 0 Å². The van der Waals surface area contributed by atoms with Gasteiger partial charge in [-0.25, -0.2) is 0 Å². The van der Waals surface area contributed by atoms with Gasteiger partial charge in [0.15, 0.2) is 0 Å². The molecule has 2 aliphatic heterocycles. The maximum Gasteiger partial charge on any atom is 0.417 e. The van der Waals surface area contributed by atoms with Crippen molar-refractivity contribution < 1.29 is 27.4 Å². The molecule has 34 heavy (non-hydrogen) atoms. The van der Waals surface area contributed by atoms with Crippen LogP contribution in [0.25, 0.3) is 0 Å². The molecular formula is C25H36F3N3O3. The summed E-state index contributed by atoms with van der Waals surface area (Å²) in [6.45, 7) is 8.72. The van der Waals surface area contributed by atoms with Gasteiger partial charge in [0.2, 0.25) is 5.91 Å². The first-order valence-corrected chi connectivity index (χ1v) is 12.4. The van der Waals surface area contributed by atoms with Crippen molar-refractivity contribution in [1.29, 1.82) is 0 Å². The molecule has 3 heterocycles. The molecule has 0 spiro atoms. The van der Waals surface area contributed by atoms with Gasteiger partial charge in [-0.1, -0.05) is 13.8 Å². The molecule has 1 aliphatic carbocycles. The van der Waals surface area contributed by atoms with E-state index < -0.39 is 17.2 Å². The molecule has 4 rings (SSSR count). The lowest BCUT2D eigenvalue weighted by molar-refractivity contribution is -0.146. The first-order chi connectivity index (χ1) is 16.1. The fourth-order valence-electron chi connectivity index (χ4n) is 5.84. The molecule has 1 amide bonds. The van der Waals surface area contributed by atoms with Crippen molar-refractivity contribution in [2.45, 2.75) is 83.8 Å². The van der Waals surface area contributed by atoms with E-state index in [1.165, 1.54) is 0 Å². The third-order valence-electron chi connectivity index (χ3n) is 7.87. The molecule has 1 aromatic heterocycles. The van der Waals surface area contributed by atoms with Gasteiger partial charge >= 0.3 is 6.18 Å². The Labute approximate surface area is 199 Å². The summed E-state index contributed by atoms with van der Waals surface area (Å²) in [5, 5.41) is 3.75. The smallest absolute Gasteiger partial charge is 0.379 e. The maximum atomic E-state index is 13.9. The quantitative estimate of drug-likeness (QED) is 0.664. The van der Waals surface area contributed by atoms with Gasteiger partial charge in [-0.3, -0.25) is 9.78 Å². The van der Waals surface area contributed by atoms with E-state index in [-0.39, 0.29) is 36.6 Å². The number of carbonyl (C=O) groups excluding carboxylic acids is 1. The molecule has 0 bridgehead atoms. The van der Waals surface area contributed by atoms with Crippen LogP contribution in [0.1, 0.15) is 63.3 Å². The summed E-state index contributed by atoms with van der Waals surface area (Å²) in [7, 11) is 0. The molecule has 4 atom stereocenters. The van der Waals surface area contributed by atoms with Crippen LogP contribution in [0.4, 0.5) is 13.2 Å². The van der Waals surface area contributed by atoms with Crippen LogP contribution in [0.2, 0.25) is 0 Å². The number of nitrogens with zero attached hydrogens (tertiary/aromatic N) is 2. The highest BCUT2D eigenvalue weighted by molar-refractivity contribution is 5.83. The van der Waals surface area contributed by atoms with Crippen molar-refractivity contribution in [3.05, 3.63) is 29.1 Å². The van der Waals surface area contributed by atoms with E-state index >= 15 is 0 Å². The first kappa shape index (κ1) is 25.4. The zero-order valence-electron chi connectivity index (χ0n) is 20.3. The van der Waals surface area contributed by atoms with Gasteiger partial charge < -0.3 is 19.7 Å². The zero-order valence-corrected chi connectivity index (χ0v) is 20.3. The molecule has 1 saturated carbocycles. The van der Waals surface area contributed by atoms with Crippen molar-refractivity contribution >= 4 is 5.91 Å². The number of aromatic nitrogens is 1. The zero-order chi connectivity index (χ0) is 24.5. The van der Waals surface area contributed by atoms with E-state index in [0.717, 1.165) is 37.9 Å². The number of amides is 1. The van der Waals surface area contributed by atoms with Crippen LogP contribution in [-0.4, -0.2) is 60.3 Å². The minimum atomic E-state index is -4.44. The van der Waals surface area contributed by atoms with E-state index in [4.69, 9.17) is 9.47 Å². The number of nitrogens with one attached hydrogen (secondary N) is 1. The van der Waals surface area contributed by atoms with Crippen LogP contribution in [0.15, 0.2) is 12.3 Å².